The van der Waals surface area contributed by atoms with Crippen molar-refractivity contribution in [3.05, 3.63) is 42.1 Å². The fourth-order valence-electron chi connectivity index (χ4n) is 2.00. The largest absolute Gasteiger partial charge is 0.382 e. The van der Waals surface area contributed by atoms with E-state index in [2.05, 4.69) is 10.3 Å². The summed E-state index contributed by atoms with van der Waals surface area (Å²) in [5, 5.41) is 3.11. The van der Waals surface area contributed by atoms with E-state index in [-0.39, 0.29) is 4.90 Å². The summed E-state index contributed by atoms with van der Waals surface area (Å²) in [6, 6.07) is 8.50. The molecule has 1 aromatic carbocycles. The molecule has 0 saturated heterocycles. The number of aliphatic imine (C=N–C) groups is 1. The van der Waals surface area contributed by atoms with Crippen LogP contribution in [0.25, 0.3) is 0 Å². The van der Waals surface area contributed by atoms with Gasteiger partial charge in [-0.05, 0) is 39.0 Å². The lowest BCUT2D eigenvalue weighted by Crippen LogP contribution is -2.12. The van der Waals surface area contributed by atoms with Gasteiger partial charge in [-0.15, -0.1) is 0 Å². The van der Waals surface area contributed by atoms with Crippen molar-refractivity contribution in [2.45, 2.75) is 25.7 Å². The van der Waals surface area contributed by atoms with Gasteiger partial charge in [-0.2, -0.15) is 0 Å². The van der Waals surface area contributed by atoms with Crippen LogP contribution >= 0.6 is 0 Å². The molecule has 0 atom stereocenters. The molecule has 6 heteroatoms. The van der Waals surface area contributed by atoms with Crippen LogP contribution in [-0.4, -0.2) is 25.1 Å². The molecule has 0 saturated carbocycles. The number of aromatic nitrogens is 1. The minimum Gasteiger partial charge on any atom is -0.382 e. The Bertz CT molecular complexity index is 744. The lowest BCUT2D eigenvalue weighted by molar-refractivity contribution is 0.588. The van der Waals surface area contributed by atoms with E-state index in [9.17, 15) is 8.42 Å². The second kappa shape index (κ2) is 6.13. The molecule has 2 rings (SSSR count). The number of rotatable bonds is 5. The molecule has 0 unspecified atom stereocenters. The van der Waals surface area contributed by atoms with E-state index >= 15 is 0 Å². The van der Waals surface area contributed by atoms with E-state index in [1.54, 1.807) is 43.5 Å². The lowest BCUT2D eigenvalue weighted by Gasteiger charge is -2.09. The first-order chi connectivity index (χ1) is 10.0. The third-order valence-corrected chi connectivity index (χ3v) is 4.70. The van der Waals surface area contributed by atoms with Crippen LogP contribution in [-0.2, 0) is 10.0 Å². The smallest absolute Gasteiger partial charge is 0.269 e. The van der Waals surface area contributed by atoms with Crippen molar-refractivity contribution in [1.82, 2.24) is 3.97 Å². The molecule has 0 spiro atoms. The van der Waals surface area contributed by atoms with Crippen molar-refractivity contribution < 1.29 is 8.42 Å². The van der Waals surface area contributed by atoms with Crippen LogP contribution in [0.2, 0.25) is 0 Å². The topological polar surface area (TPSA) is 63.5 Å². The quantitative estimate of drug-likeness (QED) is 0.863. The minimum absolute atomic E-state index is 0.249. The minimum atomic E-state index is -3.64. The Labute approximate surface area is 125 Å². The van der Waals surface area contributed by atoms with Gasteiger partial charge in [0, 0.05) is 19.0 Å². The first kappa shape index (κ1) is 15.3. The highest BCUT2D eigenvalue weighted by Crippen LogP contribution is 2.30. The Morgan fingerprint density at radius 3 is 2.48 bits per heavy atom. The Morgan fingerprint density at radius 2 is 1.90 bits per heavy atom. The predicted octanol–water partition coefficient (Wildman–Crippen LogP) is 3.19. The fraction of sp³-hybridized carbons (Fsp3) is 0.267. The summed E-state index contributed by atoms with van der Waals surface area (Å²) in [5.41, 5.74) is 1.72. The Morgan fingerprint density at radius 1 is 1.24 bits per heavy atom. The zero-order valence-corrected chi connectivity index (χ0v) is 13.2. The van der Waals surface area contributed by atoms with Crippen LogP contribution in [0.4, 0.5) is 11.5 Å². The van der Waals surface area contributed by atoms with Gasteiger partial charge in [-0.1, -0.05) is 17.7 Å². The molecule has 0 aliphatic carbocycles. The highest BCUT2D eigenvalue weighted by atomic mass is 32.2. The number of hydrogen-bond donors (Lipinski definition) is 1. The molecule has 1 aromatic heterocycles. The highest BCUT2D eigenvalue weighted by Gasteiger charge is 2.21. The normalized spacial score (nSPS) is 12.0. The average molecular weight is 305 g/mol. The molecule has 112 valence electrons. The van der Waals surface area contributed by atoms with E-state index in [4.69, 9.17) is 0 Å². The maximum atomic E-state index is 12.7. The van der Waals surface area contributed by atoms with Gasteiger partial charge in [0.05, 0.1) is 10.6 Å². The molecule has 5 nitrogen and oxygen atoms in total. The van der Waals surface area contributed by atoms with E-state index in [1.165, 1.54) is 10.2 Å². The van der Waals surface area contributed by atoms with Crippen LogP contribution in [0, 0.1) is 6.92 Å². The molecule has 0 bridgehead atoms. The summed E-state index contributed by atoms with van der Waals surface area (Å²) >= 11 is 0. The van der Waals surface area contributed by atoms with Crippen molar-refractivity contribution in [3.63, 3.8) is 0 Å². The van der Waals surface area contributed by atoms with E-state index < -0.39 is 10.0 Å². The molecule has 0 amide bonds. The highest BCUT2D eigenvalue weighted by molar-refractivity contribution is 7.90. The Balaban J connectivity index is 2.57. The number of nitrogens with zero attached hydrogens (tertiary/aromatic N) is 2. The standard InChI is InChI=1S/C15H19N3O2S/c1-4-16-14-10-11-18(15(14)17-5-2)21(19,20)13-8-6-12(3)7-9-13/h5-11,16H,4H2,1-3H3. The first-order valence-electron chi connectivity index (χ1n) is 6.77. The summed E-state index contributed by atoms with van der Waals surface area (Å²) in [6.45, 7) is 6.32. The summed E-state index contributed by atoms with van der Waals surface area (Å²) in [7, 11) is -3.64. The van der Waals surface area contributed by atoms with Gasteiger partial charge >= 0.3 is 0 Å². The molecule has 0 aliphatic rings. The fourth-order valence-corrected chi connectivity index (χ4v) is 3.30. The van der Waals surface area contributed by atoms with Crippen molar-refractivity contribution in [1.29, 1.82) is 0 Å². The van der Waals surface area contributed by atoms with Crippen molar-refractivity contribution in [2.24, 2.45) is 4.99 Å². The lowest BCUT2D eigenvalue weighted by atomic mass is 10.2. The Kier molecular flexibility index (Phi) is 4.47. The first-order valence-corrected chi connectivity index (χ1v) is 8.21. The summed E-state index contributed by atoms with van der Waals surface area (Å²) in [6.07, 6.45) is 3.10. The summed E-state index contributed by atoms with van der Waals surface area (Å²) in [4.78, 5) is 4.44. The van der Waals surface area contributed by atoms with Crippen LogP contribution in [0.1, 0.15) is 19.4 Å². The second-order valence-electron chi connectivity index (χ2n) is 4.58. The van der Waals surface area contributed by atoms with Gasteiger partial charge in [-0.3, -0.25) is 0 Å². The van der Waals surface area contributed by atoms with Crippen LogP contribution < -0.4 is 5.32 Å². The van der Waals surface area contributed by atoms with Crippen molar-refractivity contribution in [2.75, 3.05) is 11.9 Å². The van der Waals surface area contributed by atoms with Gasteiger partial charge in [0.15, 0.2) is 5.82 Å². The van der Waals surface area contributed by atoms with E-state index in [0.29, 0.717) is 18.1 Å². The number of aryl methyl sites for hydroxylation is 1. The van der Waals surface area contributed by atoms with E-state index in [1.807, 2.05) is 13.8 Å². The number of hydrogen-bond acceptors (Lipinski definition) is 4. The maximum Gasteiger partial charge on any atom is 0.269 e. The van der Waals surface area contributed by atoms with Crippen LogP contribution in [0.5, 0.6) is 0 Å². The van der Waals surface area contributed by atoms with Gasteiger partial charge in [-0.25, -0.2) is 17.4 Å². The zero-order valence-electron chi connectivity index (χ0n) is 12.4. The van der Waals surface area contributed by atoms with Gasteiger partial charge in [0.1, 0.15) is 0 Å². The predicted molar refractivity (Wildman–Crippen MR) is 86.2 cm³/mol. The SMILES string of the molecule is CC=Nc1c(NCC)ccn1S(=O)(=O)c1ccc(C)cc1. The van der Waals surface area contributed by atoms with Crippen LogP contribution in [0.15, 0.2) is 46.4 Å². The van der Waals surface area contributed by atoms with Crippen LogP contribution in [0.3, 0.4) is 0 Å². The van der Waals surface area contributed by atoms with Gasteiger partial charge in [0.2, 0.25) is 0 Å². The molecule has 1 heterocycles. The summed E-state index contributed by atoms with van der Waals surface area (Å²) in [5.74, 6) is 0.389. The van der Waals surface area contributed by atoms with Gasteiger partial charge < -0.3 is 5.32 Å². The Hall–Kier alpha value is -2.08. The molecule has 0 radical (unpaired) electrons. The second-order valence-corrected chi connectivity index (χ2v) is 6.40. The van der Waals surface area contributed by atoms with E-state index in [0.717, 1.165) is 5.56 Å². The molecule has 0 aliphatic heterocycles. The third kappa shape index (κ3) is 3.00. The number of benzene rings is 1. The summed E-state index contributed by atoms with van der Waals surface area (Å²) < 4.78 is 26.6. The number of anilines is 1. The average Bonchev–Trinajstić information content (AvgIpc) is 2.84. The zero-order chi connectivity index (χ0) is 15.5. The molecular formula is C15H19N3O2S. The third-order valence-electron chi connectivity index (χ3n) is 3.02. The van der Waals surface area contributed by atoms with Gasteiger partial charge in [0.25, 0.3) is 10.0 Å². The number of nitrogens with one attached hydrogen (secondary N) is 1. The molecule has 1 N–H and O–H groups in total. The maximum absolute atomic E-state index is 12.7. The molecule has 0 fully saturated rings. The molecular weight excluding hydrogens is 286 g/mol. The molecule has 21 heavy (non-hydrogen) atoms. The van der Waals surface area contributed by atoms with Crippen molar-refractivity contribution in [3.8, 4) is 0 Å². The molecule has 2 aromatic rings. The van der Waals surface area contributed by atoms with Crippen molar-refractivity contribution >= 4 is 27.7 Å². The monoisotopic (exact) mass is 305 g/mol.